The average Bonchev–Trinajstić information content (AvgIpc) is 2.59. The summed E-state index contributed by atoms with van der Waals surface area (Å²) in [7, 11) is 0. The molecule has 0 unspecified atom stereocenters. The lowest BCUT2D eigenvalue weighted by Crippen LogP contribution is -2.51. The number of carbonyl (C=O) groups excluding carboxylic acids is 2. The molecule has 2 amide bonds. The van der Waals surface area contributed by atoms with Gasteiger partial charge in [-0.05, 0) is 39.0 Å². The van der Waals surface area contributed by atoms with E-state index in [1.165, 1.54) is 0 Å². The Bertz CT molecular complexity index is 660. The number of hydrogen-bond donors (Lipinski definition) is 0. The summed E-state index contributed by atoms with van der Waals surface area (Å²) in [6.07, 6.45) is -0.334. The van der Waals surface area contributed by atoms with Gasteiger partial charge in [0.25, 0.3) is 5.91 Å². The molecule has 0 aromatic heterocycles. The zero-order chi connectivity index (χ0) is 18.0. The molecule has 2 aliphatic heterocycles. The first kappa shape index (κ1) is 17.4. The zero-order valence-corrected chi connectivity index (χ0v) is 14.9. The van der Waals surface area contributed by atoms with Gasteiger partial charge in [-0.25, -0.2) is 4.79 Å². The molecule has 1 fully saturated rings. The second-order valence-electron chi connectivity index (χ2n) is 7.12. The summed E-state index contributed by atoms with van der Waals surface area (Å²) in [6, 6.07) is 5.23. The van der Waals surface area contributed by atoms with Crippen molar-refractivity contribution in [2.24, 2.45) is 0 Å². The molecule has 1 aromatic carbocycles. The highest BCUT2D eigenvalue weighted by atomic mass is 16.6. The predicted molar refractivity (Wildman–Crippen MR) is 91.1 cm³/mol. The Balaban J connectivity index is 1.59. The number of piperazine rings is 1. The minimum absolute atomic E-state index is 0.0687. The molecule has 3 rings (SSSR count). The minimum Gasteiger partial charge on any atom is -0.486 e. The summed E-state index contributed by atoms with van der Waals surface area (Å²) in [5.74, 6) is 1.20. The smallest absolute Gasteiger partial charge is 0.410 e. The van der Waals surface area contributed by atoms with Crippen LogP contribution in [0.2, 0.25) is 0 Å². The van der Waals surface area contributed by atoms with Crippen LogP contribution in [0.4, 0.5) is 4.79 Å². The summed E-state index contributed by atoms with van der Waals surface area (Å²) in [5, 5.41) is 0. The number of carbonyl (C=O) groups is 2. The molecule has 0 bridgehead atoms. The van der Waals surface area contributed by atoms with E-state index in [-0.39, 0.29) is 12.0 Å². The molecule has 7 nitrogen and oxygen atoms in total. The Morgan fingerprint density at radius 1 is 0.960 bits per heavy atom. The lowest BCUT2D eigenvalue weighted by molar-refractivity contribution is 0.0141. The summed E-state index contributed by atoms with van der Waals surface area (Å²) < 4.78 is 16.4. The summed E-state index contributed by atoms with van der Waals surface area (Å²) >= 11 is 0. The number of rotatable bonds is 1. The maximum atomic E-state index is 12.7. The van der Waals surface area contributed by atoms with Crippen molar-refractivity contribution in [2.75, 3.05) is 39.4 Å². The van der Waals surface area contributed by atoms with Crippen LogP contribution in [0.5, 0.6) is 11.5 Å². The van der Waals surface area contributed by atoms with Gasteiger partial charge >= 0.3 is 6.09 Å². The molecular formula is C18H24N2O5. The summed E-state index contributed by atoms with van der Waals surface area (Å²) in [5.41, 5.74) is 0.0462. The van der Waals surface area contributed by atoms with Crippen molar-refractivity contribution in [3.8, 4) is 11.5 Å². The molecule has 7 heteroatoms. The zero-order valence-electron chi connectivity index (χ0n) is 14.9. The van der Waals surface area contributed by atoms with Crippen LogP contribution in [-0.4, -0.2) is 66.8 Å². The molecule has 0 spiro atoms. The van der Waals surface area contributed by atoms with Crippen molar-refractivity contribution in [1.29, 1.82) is 0 Å². The molecule has 25 heavy (non-hydrogen) atoms. The highest BCUT2D eigenvalue weighted by Gasteiger charge is 2.28. The Morgan fingerprint density at radius 2 is 1.56 bits per heavy atom. The number of fused-ring (bicyclic) bond motifs is 1. The second-order valence-corrected chi connectivity index (χ2v) is 7.12. The summed E-state index contributed by atoms with van der Waals surface area (Å²) in [6.45, 7) is 8.41. The molecule has 0 N–H and O–H groups in total. The van der Waals surface area contributed by atoms with Gasteiger partial charge in [0.1, 0.15) is 18.8 Å². The lowest BCUT2D eigenvalue weighted by Gasteiger charge is -2.35. The Hall–Kier alpha value is -2.44. The molecule has 0 radical (unpaired) electrons. The van der Waals surface area contributed by atoms with Crippen LogP contribution < -0.4 is 9.47 Å². The maximum absolute atomic E-state index is 12.7. The van der Waals surface area contributed by atoms with Gasteiger partial charge in [-0.2, -0.15) is 0 Å². The second kappa shape index (κ2) is 6.82. The fraction of sp³-hybridized carbons (Fsp3) is 0.556. The molecule has 0 saturated carbocycles. The van der Waals surface area contributed by atoms with E-state index in [9.17, 15) is 9.59 Å². The third-order valence-corrected chi connectivity index (χ3v) is 4.01. The van der Waals surface area contributed by atoms with Crippen LogP contribution in [0.25, 0.3) is 0 Å². The number of hydrogen-bond acceptors (Lipinski definition) is 5. The van der Waals surface area contributed by atoms with Crippen LogP contribution >= 0.6 is 0 Å². The molecule has 1 saturated heterocycles. The van der Waals surface area contributed by atoms with Crippen molar-refractivity contribution >= 4 is 12.0 Å². The maximum Gasteiger partial charge on any atom is 0.410 e. The SMILES string of the molecule is CC(C)(C)OC(=O)N1CCN(C(=O)c2ccc3c(c2)OCCO3)CC1. The van der Waals surface area contributed by atoms with E-state index < -0.39 is 5.60 Å². The standard InChI is InChI=1S/C18H24N2O5/c1-18(2,3)25-17(22)20-8-6-19(7-9-20)16(21)13-4-5-14-15(12-13)24-11-10-23-14/h4-5,12H,6-11H2,1-3H3. The molecule has 136 valence electrons. The van der Waals surface area contributed by atoms with E-state index in [1.54, 1.807) is 28.0 Å². The van der Waals surface area contributed by atoms with Crippen molar-refractivity contribution in [2.45, 2.75) is 26.4 Å². The van der Waals surface area contributed by atoms with Crippen LogP contribution in [0.1, 0.15) is 31.1 Å². The van der Waals surface area contributed by atoms with Gasteiger partial charge in [-0.3, -0.25) is 4.79 Å². The van der Waals surface area contributed by atoms with Gasteiger partial charge in [0.05, 0.1) is 0 Å². The molecule has 0 aliphatic carbocycles. The minimum atomic E-state index is -0.519. The number of benzene rings is 1. The number of amides is 2. The topological polar surface area (TPSA) is 68.3 Å². The van der Waals surface area contributed by atoms with Crippen LogP contribution in [0, 0.1) is 0 Å². The third kappa shape index (κ3) is 4.15. The summed E-state index contributed by atoms with van der Waals surface area (Å²) in [4.78, 5) is 28.2. The van der Waals surface area contributed by atoms with Crippen molar-refractivity contribution in [3.05, 3.63) is 23.8 Å². The van der Waals surface area contributed by atoms with E-state index in [0.29, 0.717) is 56.5 Å². The normalized spacial score (nSPS) is 17.2. The quantitative estimate of drug-likeness (QED) is 0.778. The highest BCUT2D eigenvalue weighted by Crippen LogP contribution is 2.31. The molecule has 0 atom stereocenters. The van der Waals surface area contributed by atoms with Gasteiger partial charge in [-0.1, -0.05) is 0 Å². The van der Waals surface area contributed by atoms with Gasteiger partial charge in [0.2, 0.25) is 0 Å². The number of nitrogens with zero attached hydrogens (tertiary/aromatic N) is 2. The third-order valence-electron chi connectivity index (χ3n) is 4.01. The van der Waals surface area contributed by atoms with Crippen LogP contribution in [0.3, 0.4) is 0 Å². The van der Waals surface area contributed by atoms with Crippen LogP contribution in [0.15, 0.2) is 18.2 Å². The fourth-order valence-corrected chi connectivity index (χ4v) is 2.78. The largest absolute Gasteiger partial charge is 0.486 e. The van der Waals surface area contributed by atoms with Gasteiger partial charge in [0, 0.05) is 31.7 Å². The predicted octanol–water partition coefficient (Wildman–Crippen LogP) is 2.15. The average molecular weight is 348 g/mol. The van der Waals surface area contributed by atoms with Crippen LogP contribution in [-0.2, 0) is 4.74 Å². The highest BCUT2D eigenvalue weighted by molar-refractivity contribution is 5.95. The Morgan fingerprint density at radius 3 is 2.20 bits per heavy atom. The Labute approximate surface area is 147 Å². The van der Waals surface area contributed by atoms with E-state index in [0.717, 1.165) is 0 Å². The lowest BCUT2D eigenvalue weighted by atomic mass is 10.1. The first-order chi connectivity index (χ1) is 11.8. The van der Waals surface area contributed by atoms with Gasteiger partial charge in [-0.15, -0.1) is 0 Å². The Kier molecular flexibility index (Phi) is 4.74. The van der Waals surface area contributed by atoms with E-state index >= 15 is 0 Å². The molecule has 1 aromatic rings. The number of ether oxygens (including phenoxy) is 3. The van der Waals surface area contributed by atoms with Crippen molar-refractivity contribution in [1.82, 2.24) is 9.80 Å². The van der Waals surface area contributed by atoms with E-state index in [4.69, 9.17) is 14.2 Å². The van der Waals surface area contributed by atoms with Crippen molar-refractivity contribution < 1.29 is 23.8 Å². The van der Waals surface area contributed by atoms with Gasteiger partial charge in [0.15, 0.2) is 11.5 Å². The monoisotopic (exact) mass is 348 g/mol. The first-order valence-electron chi connectivity index (χ1n) is 8.50. The molecule has 2 aliphatic rings. The van der Waals surface area contributed by atoms with E-state index in [1.807, 2.05) is 20.8 Å². The first-order valence-corrected chi connectivity index (χ1v) is 8.50. The fourth-order valence-electron chi connectivity index (χ4n) is 2.78. The van der Waals surface area contributed by atoms with Crippen molar-refractivity contribution in [3.63, 3.8) is 0 Å². The van der Waals surface area contributed by atoms with Gasteiger partial charge < -0.3 is 24.0 Å². The van der Waals surface area contributed by atoms with E-state index in [2.05, 4.69) is 0 Å². The molecule has 2 heterocycles. The molecular weight excluding hydrogens is 324 g/mol.